The maximum atomic E-state index is 14.6. The lowest BCUT2D eigenvalue weighted by Gasteiger charge is -2.42. The summed E-state index contributed by atoms with van der Waals surface area (Å²) in [5, 5.41) is 51.4. The third-order valence-corrected chi connectivity index (χ3v) is 22.6. The van der Waals surface area contributed by atoms with Crippen LogP contribution in [0.4, 0.5) is 0 Å². The van der Waals surface area contributed by atoms with Gasteiger partial charge >= 0.3 is 0 Å². The van der Waals surface area contributed by atoms with Crippen molar-refractivity contribution in [2.45, 2.75) is 230 Å². The van der Waals surface area contributed by atoms with Gasteiger partial charge in [0, 0.05) is 73.3 Å². The average molecular weight is 1700 g/mol. The van der Waals surface area contributed by atoms with Crippen LogP contribution < -0.4 is 86.7 Å². The van der Waals surface area contributed by atoms with Crippen molar-refractivity contribution in [3.05, 3.63) is 0 Å². The molecular weight excluding hydrogens is 1580 g/mol. The zero-order valence-corrected chi connectivity index (χ0v) is 68.9. The highest BCUT2D eigenvalue weighted by atomic mass is 32.2. The molecule has 0 aromatic rings. The first-order chi connectivity index (χ1) is 54.5. The van der Waals surface area contributed by atoms with Gasteiger partial charge in [0.15, 0.2) is 0 Å². The van der Waals surface area contributed by atoms with Gasteiger partial charge in [-0.15, -0.1) is 0 Å². The first kappa shape index (κ1) is 96.9. The number of nitrogens with two attached hydrogens (primary N) is 4. The van der Waals surface area contributed by atoms with Gasteiger partial charge in [-0.25, -0.2) is 0 Å². The number of carbonyl (C=O) groups is 20. The van der Waals surface area contributed by atoms with Crippen LogP contribution in [0, 0.1) is 11.8 Å². The molecular formula is C70H113N21O22S3. The van der Waals surface area contributed by atoms with Crippen molar-refractivity contribution >= 4 is 153 Å². The molecule has 5 fully saturated rings. The maximum absolute atomic E-state index is 14.6. The van der Waals surface area contributed by atoms with Crippen LogP contribution in [-0.2, 0) is 95.9 Å². The van der Waals surface area contributed by atoms with Crippen molar-refractivity contribution in [2.75, 3.05) is 74.2 Å². The van der Waals surface area contributed by atoms with E-state index in [0.29, 0.717) is 0 Å². The van der Waals surface area contributed by atoms with Gasteiger partial charge in [-0.1, -0.05) is 27.7 Å². The van der Waals surface area contributed by atoms with E-state index in [1.807, 2.05) is 0 Å². The minimum Gasteiger partial charge on any atom is -0.394 e. The molecule has 20 amide bonds. The van der Waals surface area contributed by atoms with Gasteiger partial charge in [-0.3, -0.25) is 95.9 Å². The molecule has 5 aliphatic rings. The van der Waals surface area contributed by atoms with Crippen LogP contribution in [0.2, 0.25) is 0 Å². The number of carbonyl (C=O) groups excluding carboxylic acids is 20. The Morgan fingerprint density at radius 3 is 1.47 bits per heavy atom. The molecule has 16 atom stereocenters. The third kappa shape index (κ3) is 29.5. The Bertz CT molecular complexity index is 3640. The first-order valence-corrected chi connectivity index (χ1v) is 41.7. The number of hydrogen-bond acceptors (Lipinski definition) is 26. The standard InChI is InChI=1S/C70H113N21O22S3/c1-33(2)24-41-61(104)84-45(63(106)75-36(6)56(74)99)28-115-22-17-52(97)88-30-87-31-89(32-88)53(98)18-23-116-29-46(82-57(100)35(5)71)65(108)81-43(26-92)69(112)90-19-10-13-48(90)67(110)86-55(39(9)93)70(113)91-20-11-12-47(91)66(109)77-37(7)58(101)83-44(27-114-21-16-51(87)96)64(107)76-38(8)59(102)85-54(34(3)4)68(111)78-40(14-15-49(72)94)60(103)80-42(25-50(73)95)62(105)79-41/h33-48,54-55,92-93H,10-32,71H2,1-9H3,(H2,72,94)(H2,73,95)(H2,74,99)(H,75,106)(H,76,107)(H,77,109)(H,78,111)(H,79,105)(H,80,103)(H,81,108)(H,82,100)(H,83,101)(H,84,104)(H,85,102)(H,86,110)/t35-,36-,37-,38-,39+,40-,41-,42-,43-,44-,45-,46-,47-,48-,54-,55-/m0/s1. The highest BCUT2D eigenvalue weighted by Crippen LogP contribution is 2.24. The first-order valence-electron chi connectivity index (χ1n) is 38.3. The van der Waals surface area contributed by atoms with Gasteiger partial charge in [-0.2, -0.15) is 35.3 Å². The van der Waals surface area contributed by atoms with E-state index in [9.17, 15) is 106 Å². The number of fused-ring (bicyclic) bond motifs is 9. The number of aliphatic hydroxyl groups excluding tert-OH is 2. The topological polar surface area (TPSA) is 646 Å². The zero-order valence-electron chi connectivity index (χ0n) is 66.5. The molecule has 5 saturated heterocycles. The molecule has 0 spiro atoms. The minimum atomic E-state index is -1.90. The van der Waals surface area contributed by atoms with Crippen molar-refractivity contribution in [1.29, 1.82) is 0 Å². The van der Waals surface area contributed by atoms with Crippen LogP contribution in [0.5, 0.6) is 0 Å². The van der Waals surface area contributed by atoms with Crippen molar-refractivity contribution in [3.8, 4) is 0 Å². The van der Waals surface area contributed by atoms with Gasteiger partial charge in [-0.05, 0) is 85.0 Å². The lowest BCUT2D eigenvalue weighted by Crippen LogP contribution is -2.62. The van der Waals surface area contributed by atoms with E-state index in [1.165, 1.54) is 63.2 Å². The Kier molecular flexibility index (Phi) is 38.7. The summed E-state index contributed by atoms with van der Waals surface area (Å²) < 4.78 is 0. The fourth-order valence-electron chi connectivity index (χ4n) is 12.7. The summed E-state index contributed by atoms with van der Waals surface area (Å²) >= 11 is 2.87. The summed E-state index contributed by atoms with van der Waals surface area (Å²) in [7, 11) is 0. The number of nitrogens with zero attached hydrogens (tertiary/aromatic N) is 5. The monoisotopic (exact) mass is 1700 g/mol. The molecule has 4 bridgehead atoms. The largest absolute Gasteiger partial charge is 0.394 e. The second kappa shape index (κ2) is 46.3. The quantitative estimate of drug-likeness (QED) is 0.0724. The molecule has 5 rings (SSSR count). The van der Waals surface area contributed by atoms with Crippen LogP contribution in [-0.4, -0.2) is 324 Å². The lowest BCUT2D eigenvalue weighted by molar-refractivity contribution is -0.158. The van der Waals surface area contributed by atoms with E-state index in [2.05, 4.69) is 63.8 Å². The van der Waals surface area contributed by atoms with Crippen molar-refractivity contribution < 1.29 is 106 Å². The molecule has 46 heteroatoms. The molecule has 0 radical (unpaired) electrons. The average Bonchev–Trinajstić information content (AvgIpc) is 1.57. The number of thioether (sulfide) groups is 3. The molecule has 0 aliphatic carbocycles. The predicted octanol–water partition coefficient (Wildman–Crippen LogP) is -9.34. The number of rotatable bonds is 15. The smallest absolute Gasteiger partial charge is 0.248 e. The summed E-state index contributed by atoms with van der Waals surface area (Å²) in [5.74, 6) is -21.3. The second-order valence-corrected chi connectivity index (χ2v) is 33.3. The SMILES string of the molecule is CC(C)C[C@@H]1NC(=O)[C@H](CC(N)=O)NC(=O)[C@H](CCC(N)=O)NC(=O)[C@H](C(C)C)NC(=O)[C@H](C)NC(=O)[C@@H]2CSCCC(=O)N3CN(CN(C3)C(=O)CCSC[C@@H](C(=O)N[C@@H](C)C(N)=O)NC1=O)C(=O)CCSC[C@H](NC(=O)[C@H](C)N)C(=O)N[C@@H](CO)C(=O)N1CCC[C@H]1C(=O)N[C@@H]([C@@H](C)O)C(=O)N1CCC[C@H]1C(=O)N[C@@H](C)C(=O)N2. The Hall–Kier alpha value is -9.67. The van der Waals surface area contributed by atoms with E-state index in [1.54, 1.807) is 13.8 Å². The summed E-state index contributed by atoms with van der Waals surface area (Å²) in [5.41, 5.74) is 22.4. The minimum absolute atomic E-state index is 0.0179. The molecule has 116 heavy (non-hydrogen) atoms. The number of nitrogens with one attached hydrogen (secondary N) is 12. The van der Waals surface area contributed by atoms with E-state index >= 15 is 0 Å². The summed E-state index contributed by atoms with van der Waals surface area (Å²) in [6, 6.07) is -23.0. The Labute approximate surface area is 683 Å². The molecule has 0 unspecified atom stereocenters. The molecule has 5 aliphatic heterocycles. The second-order valence-electron chi connectivity index (χ2n) is 29.8. The normalized spacial score (nSPS) is 28.0. The van der Waals surface area contributed by atoms with Gasteiger partial charge in [0.1, 0.15) is 84.6 Å². The molecule has 0 saturated carbocycles. The third-order valence-electron chi connectivity index (χ3n) is 19.4. The van der Waals surface area contributed by atoms with Gasteiger partial charge in [0.05, 0.1) is 45.2 Å². The van der Waals surface area contributed by atoms with E-state index in [0.717, 1.165) is 45.1 Å². The molecule has 648 valence electrons. The van der Waals surface area contributed by atoms with Crippen molar-refractivity contribution in [2.24, 2.45) is 34.8 Å². The van der Waals surface area contributed by atoms with Gasteiger partial charge < -0.3 is 121 Å². The van der Waals surface area contributed by atoms with Crippen LogP contribution in [0.15, 0.2) is 0 Å². The summed E-state index contributed by atoms with van der Waals surface area (Å²) in [6.45, 7) is 10.2. The number of hydrogen-bond donors (Lipinski definition) is 18. The zero-order chi connectivity index (χ0) is 86.7. The van der Waals surface area contributed by atoms with Crippen LogP contribution in [0.3, 0.4) is 0 Å². The molecule has 43 nitrogen and oxygen atoms in total. The van der Waals surface area contributed by atoms with Crippen LogP contribution in [0.1, 0.15) is 133 Å². The fourth-order valence-corrected chi connectivity index (χ4v) is 15.6. The fraction of sp³-hybridized carbons (Fsp3) is 0.714. The highest BCUT2D eigenvalue weighted by molar-refractivity contribution is 7.99. The Morgan fingerprint density at radius 2 is 0.974 bits per heavy atom. The summed E-state index contributed by atoms with van der Waals surface area (Å²) in [4.78, 5) is 285. The highest BCUT2D eigenvalue weighted by Gasteiger charge is 2.45. The number of amides is 20. The van der Waals surface area contributed by atoms with Gasteiger partial charge in [0.2, 0.25) is 118 Å². The molecule has 0 aromatic carbocycles. The van der Waals surface area contributed by atoms with E-state index in [-0.39, 0.29) is 99.0 Å². The number of aliphatic hydroxyl groups is 2. The van der Waals surface area contributed by atoms with Crippen LogP contribution >= 0.6 is 35.3 Å². The van der Waals surface area contributed by atoms with Crippen molar-refractivity contribution in [3.63, 3.8) is 0 Å². The van der Waals surface area contributed by atoms with Crippen molar-refractivity contribution in [1.82, 2.24) is 88.3 Å². The molecule has 0 aromatic heterocycles. The number of primary amides is 3. The van der Waals surface area contributed by atoms with Crippen LogP contribution in [0.25, 0.3) is 0 Å². The summed E-state index contributed by atoms with van der Waals surface area (Å²) in [6.07, 6.45) is -4.30. The van der Waals surface area contributed by atoms with E-state index < -0.39 is 273 Å². The molecule has 5 heterocycles. The van der Waals surface area contributed by atoms with Gasteiger partial charge in [0.25, 0.3) is 0 Å². The Morgan fingerprint density at radius 1 is 0.509 bits per heavy atom. The molecule has 22 N–H and O–H groups in total. The maximum Gasteiger partial charge on any atom is 0.248 e. The lowest BCUT2D eigenvalue weighted by atomic mass is 10.0. The van der Waals surface area contributed by atoms with E-state index in [4.69, 9.17) is 22.9 Å². The predicted molar refractivity (Wildman–Crippen MR) is 419 cm³/mol. The Balaban J connectivity index is 1.61.